The summed E-state index contributed by atoms with van der Waals surface area (Å²) in [7, 11) is 3.06. The Bertz CT molecular complexity index is 470. The van der Waals surface area contributed by atoms with Crippen LogP contribution >= 0.6 is 11.6 Å². The van der Waals surface area contributed by atoms with E-state index in [1.807, 2.05) is 0 Å². The van der Waals surface area contributed by atoms with Gasteiger partial charge in [0.15, 0.2) is 11.5 Å². The molecule has 4 nitrogen and oxygen atoms in total. The molecule has 0 heterocycles. The molecule has 0 atom stereocenters. The van der Waals surface area contributed by atoms with E-state index >= 15 is 0 Å². The first-order valence-electron chi connectivity index (χ1n) is 7.24. The first-order chi connectivity index (χ1) is 10.2. The van der Waals surface area contributed by atoms with Crippen molar-refractivity contribution < 1.29 is 19.0 Å². The summed E-state index contributed by atoms with van der Waals surface area (Å²) in [6.45, 7) is 0.617. The van der Waals surface area contributed by atoms with Crippen molar-refractivity contribution in [2.45, 2.75) is 32.1 Å². The van der Waals surface area contributed by atoms with Gasteiger partial charge in [0.25, 0.3) is 5.24 Å². The van der Waals surface area contributed by atoms with Crippen LogP contribution in [0.1, 0.15) is 42.5 Å². The fraction of sp³-hybridized carbons (Fsp3) is 0.562. The quantitative estimate of drug-likeness (QED) is 0.713. The second-order valence-corrected chi connectivity index (χ2v) is 5.61. The minimum absolute atomic E-state index is 0.327. The van der Waals surface area contributed by atoms with Crippen LogP contribution in [0.2, 0.25) is 0 Å². The third kappa shape index (κ3) is 4.03. The monoisotopic (exact) mass is 312 g/mol. The fourth-order valence-electron chi connectivity index (χ4n) is 2.76. The van der Waals surface area contributed by atoms with E-state index < -0.39 is 5.24 Å². The Kier molecular flexibility index (Phi) is 5.74. The molecule has 1 aromatic rings. The third-order valence-electron chi connectivity index (χ3n) is 3.93. The normalized spacial score (nSPS) is 15.0. The molecule has 0 N–H and O–H groups in total. The molecule has 1 saturated carbocycles. The predicted molar refractivity (Wildman–Crippen MR) is 81.8 cm³/mol. The van der Waals surface area contributed by atoms with Crippen molar-refractivity contribution in [1.82, 2.24) is 0 Å². The van der Waals surface area contributed by atoms with Crippen LogP contribution in [-0.4, -0.2) is 26.1 Å². The second-order valence-electron chi connectivity index (χ2n) is 5.27. The summed E-state index contributed by atoms with van der Waals surface area (Å²) in [5.74, 6) is 2.21. The molecule has 0 unspecified atom stereocenters. The number of benzene rings is 1. The lowest BCUT2D eigenvalue weighted by Crippen LogP contribution is -2.06. The predicted octanol–water partition coefficient (Wildman–Crippen LogP) is 4.04. The highest BCUT2D eigenvalue weighted by Crippen LogP contribution is 2.39. The van der Waals surface area contributed by atoms with Gasteiger partial charge in [0.1, 0.15) is 0 Å². The third-order valence-corrected chi connectivity index (χ3v) is 4.15. The zero-order chi connectivity index (χ0) is 15.2. The molecule has 2 rings (SSSR count). The van der Waals surface area contributed by atoms with Gasteiger partial charge in [-0.1, -0.05) is 25.7 Å². The molecular formula is C16H21ClO4. The lowest BCUT2D eigenvalue weighted by molar-refractivity contribution is 0.108. The van der Waals surface area contributed by atoms with Gasteiger partial charge in [0, 0.05) is 5.56 Å². The van der Waals surface area contributed by atoms with Crippen molar-refractivity contribution in [2.75, 3.05) is 20.8 Å². The Hall–Kier alpha value is -1.42. The van der Waals surface area contributed by atoms with Crippen molar-refractivity contribution >= 4 is 16.8 Å². The van der Waals surface area contributed by atoms with E-state index in [2.05, 4.69) is 0 Å². The number of methoxy groups -OCH3 is 2. The molecule has 0 radical (unpaired) electrons. The van der Waals surface area contributed by atoms with Gasteiger partial charge in [-0.25, -0.2) is 0 Å². The van der Waals surface area contributed by atoms with Crippen LogP contribution in [0.3, 0.4) is 0 Å². The minimum atomic E-state index is -0.552. The molecule has 0 aromatic heterocycles. The highest BCUT2D eigenvalue weighted by atomic mass is 35.5. The Morgan fingerprint density at radius 2 is 1.76 bits per heavy atom. The second kappa shape index (κ2) is 7.55. The van der Waals surface area contributed by atoms with Crippen LogP contribution in [0.15, 0.2) is 12.1 Å². The molecule has 0 saturated heterocycles. The van der Waals surface area contributed by atoms with Gasteiger partial charge in [0.05, 0.1) is 20.8 Å². The zero-order valence-electron chi connectivity index (χ0n) is 12.5. The van der Waals surface area contributed by atoms with Crippen LogP contribution in [0, 0.1) is 5.92 Å². The molecule has 0 amide bonds. The van der Waals surface area contributed by atoms with Crippen LogP contribution in [-0.2, 0) is 0 Å². The highest BCUT2D eigenvalue weighted by Gasteiger charge is 2.19. The van der Waals surface area contributed by atoms with Crippen molar-refractivity contribution in [1.29, 1.82) is 0 Å². The number of rotatable bonds is 7. The lowest BCUT2D eigenvalue weighted by atomic mass is 10.1. The summed E-state index contributed by atoms with van der Waals surface area (Å²) in [5.41, 5.74) is 0.327. The van der Waals surface area contributed by atoms with Gasteiger partial charge in [0.2, 0.25) is 5.75 Å². The van der Waals surface area contributed by atoms with Gasteiger partial charge in [-0.2, -0.15) is 0 Å². The summed E-state index contributed by atoms with van der Waals surface area (Å²) >= 11 is 5.51. The molecule has 5 heteroatoms. The van der Waals surface area contributed by atoms with Crippen LogP contribution in [0.5, 0.6) is 17.2 Å². The average Bonchev–Trinajstić information content (AvgIpc) is 3.00. The van der Waals surface area contributed by atoms with E-state index in [0.717, 1.165) is 12.3 Å². The number of carbonyl (C=O) groups excluding carboxylic acids is 1. The average molecular weight is 313 g/mol. The molecule has 21 heavy (non-hydrogen) atoms. The summed E-state index contributed by atoms with van der Waals surface area (Å²) in [6.07, 6.45) is 6.25. The van der Waals surface area contributed by atoms with Crippen LogP contribution in [0.25, 0.3) is 0 Å². The molecule has 1 aliphatic carbocycles. The molecule has 1 fully saturated rings. The number of halogens is 1. The number of hydrogen-bond donors (Lipinski definition) is 0. The zero-order valence-corrected chi connectivity index (χ0v) is 13.2. The van der Waals surface area contributed by atoms with E-state index in [9.17, 15) is 4.79 Å². The Morgan fingerprint density at radius 3 is 2.24 bits per heavy atom. The summed E-state index contributed by atoms with van der Waals surface area (Å²) < 4.78 is 16.4. The summed E-state index contributed by atoms with van der Waals surface area (Å²) in [4.78, 5) is 11.3. The molecular weight excluding hydrogens is 292 g/mol. The van der Waals surface area contributed by atoms with Crippen LogP contribution < -0.4 is 14.2 Å². The largest absolute Gasteiger partial charge is 0.493 e. The number of hydrogen-bond acceptors (Lipinski definition) is 4. The van der Waals surface area contributed by atoms with Gasteiger partial charge >= 0.3 is 0 Å². The molecule has 1 aliphatic rings. The van der Waals surface area contributed by atoms with Gasteiger partial charge in [-0.05, 0) is 36.1 Å². The van der Waals surface area contributed by atoms with Gasteiger partial charge in [-0.3, -0.25) is 4.79 Å². The Balaban J connectivity index is 2.10. The smallest absolute Gasteiger partial charge is 0.252 e. The molecule has 0 aliphatic heterocycles. The van der Waals surface area contributed by atoms with E-state index in [0.29, 0.717) is 29.4 Å². The maximum atomic E-state index is 11.3. The minimum Gasteiger partial charge on any atom is -0.493 e. The van der Waals surface area contributed by atoms with E-state index in [4.69, 9.17) is 25.8 Å². The number of ether oxygens (including phenoxy) is 3. The van der Waals surface area contributed by atoms with E-state index in [1.54, 1.807) is 12.1 Å². The maximum Gasteiger partial charge on any atom is 0.252 e. The van der Waals surface area contributed by atoms with Crippen molar-refractivity contribution in [3.8, 4) is 17.2 Å². The first kappa shape index (κ1) is 16.0. The molecule has 116 valence electrons. The van der Waals surface area contributed by atoms with Crippen molar-refractivity contribution in [2.24, 2.45) is 5.92 Å². The Morgan fingerprint density at radius 1 is 1.19 bits per heavy atom. The van der Waals surface area contributed by atoms with Crippen LogP contribution in [0.4, 0.5) is 0 Å². The topological polar surface area (TPSA) is 44.8 Å². The number of carbonyl (C=O) groups is 1. The van der Waals surface area contributed by atoms with E-state index in [-0.39, 0.29) is 0 Å². The van der Waals surface area contributed by atoms with Gasteiger partial charge < -0.3 is 14.2 Å². The lowest BCUT2D eigenvalue weighted by Gasteiger charge is -2.16. The van der Waals surface area contributed by atoms with Crippen molar-refractivity contribution in [3.05, 3.63) is 17.7 Å². The highest BCUT2D eigenvalue weighted by molar-refractivity contribution is 6.67. The molecule has 1 aromatic carbocycles. The SMILES string of the molecule is COc1cc(C(=O)Cl)cc(OC)c1OCCC1CCCC1. The molecule has 0 bridgehead atoms. The van der Waals surface area contributed by atoms with Gasteiger partial charge in [-0.15, -0.1) is 0 Å². The van der Waals surface area contributed by atoms with E-state index in [1.165, 1.54) is 39.9 Å². The summed E-state index contributed by atoms with van der Waals surface area (Å²) in [6, 6.07) is 3.14. The fourth-order valence-corrected chi connectivity index (χ4v) is 2.87. The maximum absolute atomic E-state index is 11.3. The summed E-state index contributed by atoms with van der Waals surface area (Å²) in [5, 5.41) is -0.552. The first-order valence-corrected chi connectivity index (χ1v) is 7.62. The van der Waals surface area contributed by atoms with Crippen molar-refractivity contribution in [3.63, 3.8) is 0 Å². The Labute approximate surface area is 130 Å². The standard InChI is InChI=1S/C16H21ClO4/c1-19-13-9-12(16(17)18)10-14(20-2)15(13)21-8-7-11-5-3-4-6-11/h9-11H,3-8H2,1-2H3. The molecule has 0 spiro atoms.